The third-order valence-corrected chi connectivity index (χ3v) is 3.20. The Morgan fingerprint density at radius 3 is 2.90 bits per heavy atom. The van der Waals surface area contributed by atoms with Gasteiger partial charge in [-0.25, -0.2) is 4.98 Å². The summed E-state index contributed by atoms with van der Waals surface area (Å²) in [6, 6.07) is 7.85. The minimum Gasteiger partial charge on any atom is -0.383 e. The third kappa shape index (κ3) is 4.18. The molecule has 20 heavy (non-hydrogen) atoms. The van der Waals surface area contributed by atoms with Crippen LogP contribution in [0.15, 0.2) is 34.9 Å². The molecule has 106 valence electrons. The molecule has 0 saturated carbocycles. The molecule has 0 aliphatic rings. The maximum Gasteiger partial charge on any atom is 0.229 e. The number of hydrogen-bond donors (Lipinski definition) is 2. The van der Waals surface area contributed by atoms with E-state index in [9.17, 15) is 0 Å². The molecule has 2 aromatic rings. The molecular weight excluding hydrogens is 320 g/mol. The fourth-order valence-corrected chi connectivity index (χ4v) is 2.16. The summed E-state index contributed by atoms with van der Waals surface area (Å²) >= 11 is 3.45. The van der Waals surface area contributed by atoms with E-state index in [1.54, 1.807) is 13.3 Å². The number of aryl methyl sites for hydroxylation is 1. The average Bonchev–Trinajstić information content (AvgIpc) is 2.43. The molecule has 2 N–H and O–H groups in total. The molecule has 0 fully saturated rings. The molecular formula is C14H17BrN4O. The lowest BCUT2D eigenvalue weighted by atomic mass is 10.2. The SMILES string of the molecule is COCCNc1ccnc(Nc2ccc(Br)cc2C)n1. The van der Waals surface area contributed by atoms with Crippen LogP contribution in [0, 0.1) is 6.92 Å². The Balaban J connectivity index is 2.07. The molecule has 1 heterocycles. The summed E-state index contributed by atoms with van der Waals surface area (Å²) in [6.45, 7) is 3.39. The van der Waals surface area contributed by atoms with Gasteiger partial charge in [0.1, 0.15) is 5.82 Å². The van der Waals surface area contributed by atoms with Gasteiger partial charge >= 0.3 is 0 Å². The number of hydrogen-bond acceptors (Lipinski definition) is 5. The summed E-state index contributed by atoms with van der Waals surface area (Å²) in [4.78, 5) is 8.62. The van der Waals surface area contributed by atoms with Crippen LogP contribution >= 0.6 is 15.9 Å². The van der Waals surface area contributed by atoms with Crippen LogP contribution in [0.4, 0.5) is 17.5 Å². The fraction of sp³-hybridized carbons (Fsp3) is 0.286. The molecule has 2 rings (SSSR count). The Hall–Kier alpha value is -1.66. The van der Waals surface area contributed by atoms with Crippen molar-refractivity contribution in [2.24, 2.45) is 0 Å². The number of methoxy groups -OCH3 is 1. The normalized spacial score (nSPS) is 10.3. The first-order valence-electron chi connectivity index (χ1n) is 6.28. The Kier molecular flexibility index (Phi) is 5.31. The number of ether oxygens (including phenoxy) is 1. The number of nitrogens with one attached hydrogen (secondary N) is 2. The highest BCUT2D eigenvalue weighted by atomic mass is 79.9. The van der Waals surface area contributed by atoms with Gasteiger partial charge in [0.05, 0.1) is 6.61 Å². The van der Waals surface area contributed by atoms with Gasteiger partial charge in [0.2, 0.25) is 5.95 Å². The molecule has 0 spiro atoms. The predicted molar refractivity (Wildman–Crippen MR) is 84.6 cm³/mol. The maximum absolute atomic E-state index is 4.99. The molecule has 0 amide bonds. The summed E-state index contributed by atoms with van der Waals surface area (Å²) in [6.07, 6.45) is 1.72. The van der Waals surface area contributed by atoms with Crippen molar-refractivity contribution in [2.75, 3.05) is 30.9 Å². The van der Waals surface area contributed by atoms with Crippen LogP contribution in [0.5, 0.6) is 0 Å². The first kappa shape index (κ1) is 14.7. The van der Waals surface area contributed by atoms with E-state index in [1.165, 1.54) is 0 Å². The Bertz CT molecular complexity index is 577. The number of anilines is 3. The van der Waals surface area contributed by atoms with E-state index in [4.69, 9.17) is 4.74 Å². The Morgan fingerprint density at radius 2 is 2.15 bits per heavy atom. The quantitative estimate of drug-likeness (QED) is 0.792. The molecule has 0 atom stereocenters. The van der Waals surface area contributed by atoms with Crippen LogP contribution in [0.1, 0.15) is 5.56 Å². The second kappa shape index (κ2) is 7.21. The molecule has 1 aromatic heterocycles. The number of benzene rings is 1. The summed E-state index contributed by atoms with van der Waals surface area (Å²) in [5, 5.41) is 6.39. The summed E-state index contributed by atoms with van der Waals surface area (Å²) in [5.41, 5.74) is 2.11. The van der Waals surface area contributed by atoms with Crippen LogP contribution in [0.3, 0.4) is 0 Å². The van der Waals surface area contributed by atoms with E-state index in [2.05, 4.69) is 36.5 Å². The molecule has 0 bridgehead atoms. The van der Waals surface area contributed by atoms with Gasteiger partial charge in [-0.15, -0.1) is 0 Å². The van der Waals surface area contributed by atoms with E-state index >= 15 is 0 Å². The van der Waals surface area contributed by atoms with Crippen LogP contribution in [-0.2, 0) is 4.74 Å². The molecule has 5 nitrogen and oxygen atoms in total. The summed E-state index contributed by atoms with van der Waals surface area (Å²) < 4.78 is 6.04. The van der Waals surface area contributed by atoms with E-state index in [-0.39, 0.29) is 0 Å². The first-order valence-corrected chi connectivity index (χ1v) is 7.07. The Morgan fingerprint density at radius 1 is 1.30 bits per heavy atom. The van der Waals surface area contributed by atoms with Gasteiger partial charge in [-0.2, -0.15) is 4.98 Å². The van der Waals surface area contributed by atoms with Crippen LogP contribution in [0.2, 0.25) is 0 Å². The van der Waals surface area contributed by atoms with E-state index < -0.39 is 0 Å². The third-order valence-electron chi connectivity index (χ3n) is 2.70. The zero-order valence-corrected chi connectivity index (χ0v) is 13.1. The van der Waals surface area contributed by atoms with Crippen molar-refractivity contribution in [3.63, 3.8) is 0 Å². The summed E-state index contributed by atoms with van der Waals surface area (Å²) in [5.74, 6) is 1.34. The second-order valence-corrected chi connectivity index (χ2v) is 5.18. The Labute approximate surface area is 126 Å². The lowest BCUT2D eigenvalue weighted by molar-refractivity contribution is 0.210. The molecule has 1 aromatic carbocycles. The highest BCUT2D eigenvalue weighted by Crippen LogP contribution is 2.22. The van der Waals surface area contributed by atoms with E-state index in [0.717, 1.165) is 21.5 Å². The van der Waals surface area contributed by atoms with E-state index in [0.29, 0.717) is 19.1 Å². The minimum atomic E-state index is 0.567. The molecule has 0 unspecified atom stereocenters. The standard InChI is InChI=1S/C14H17BrN4O/c1-10-9-11(15)3-4-12(10)18-14-17-6-5-13(19-14)16-7-8-20-2/h3-6,9H,7-8H2,1-2H3,(H2,16,17,18,19). The minimum absolute atomic E-state index is 0.567. The fourth-order valence-electron chi connectivity index (χ4n) is 1.69. The highest BCUT2D eigenvalue weighted by molar-refractivity contribution is 9.10. The number of rotatable bonds is 6. The lowest BCUT2D eigenvalue weighted by Crippen LogP contribution is -2.09. The topological polar surface area (TPSA) is 59.1 Å². The first-order chi connectivity index (χ1) is 9.69. The van der Waals surface area contributed by atoms with Crippen molar-refractivity contribution in [1.82, 2.24) is 9.97 Å². The van der Waals surface area contributed by atoms with Gasteiger partial charge in [-0.3, -0.25) is 0 Å². The van der Waals surface area contributed by atoms with Crippen molar-refractivity contribution in [3.8, 4) is 0 Å². The van der Waals surface area contributed by atoms with Crippen molar-refractivity contribution in [1.29, 1.82) is 0 Å². The number of aromatic nitrogens is 2. The zero-order valence-electron chi connectivity index (χ0n) is 11.5. The highest BCUT2D eigenvalue weighted by Gasteiger charge is 2.03. The van der Waals surface area contributed by atoms with Crippen molar-refractivity contribution in [3.05, 3.63) is 40.5 Å². The number of halogens is 1. The summed E-state index contributed by atoms with van der Waals surface area (Å²) in [7, 11) is 1.67. The van der Waals surface area contributed by atoms with Gasteiger partial charge < -0.3 is 15.4 Å². The molecule has 0 aliphatic heterocycles. The molecule has 0 saturated heterocycles. The monoisotopic (exact) mass is 336 g/mol. The van der Waals surface area contributed by atoms with Gasteiger partial charge in [0, 0.05) is 30.0 Å². The lowest BCUT2D eigenvalue weighted by Gasteiger charge is -2.10. The smallest absolute Gasteiger partial charge is 0.229 e. The molecule has 6 heteroatoms. The largest absolute Gasteiger partial charge is 0.383 e. The second-order valence-electron chi connectivity index (χ2n) is 4.27. The van der Waals surface area contributed by atoms with Crippen LogP contribution in [-0.4, -0.2) is 30.2 Å². The average molecular weight is 337 g/mol. The number of nitrogens with zero attached hydrogens (tertiary/aromatic N) is 2. The van der Waals surface area contributed by atoms with E-state index in [1.807, 2.05) is 31.2 Å². The van der Waals surface area contributed by atoms with Crippen molar-refractivity contribution in [2.45, 2.75) is 6.92 Å². The van der Waals surface area contributed by atoms with Crippen molar-refractivity contribution < 1.29 is 4.74 Å². The van der Waals surface area contributed by atoms with Gasteiger partial charge in [0.25, 0.3) is 0 Å². The van der Waals surface area contributed by atoms with Gasteiger partial charge in [0.15, 0.2) is 0 Å². The molecule has 0 aliphatic carbocycles. The predicted octanol–water partition coefficient (Wildman–Crippen LogP) is 3.35. The van der Waals surface area contributed by atoms with Crippen LogP contribution in [0.25, 0.3) is 0 Å². The maximum atomic E-state index is 4.99. The van der Waals surface area contributed by atoms with Crippen LogP contribution < -0.4 is 10.6 Å². The zero-order chi connectivity index (χ0) is 14.4. The molecule has 0 radical (unpaired) electrons. The van der Waals surface area contributed by atoms with Crippen molar-refractivity contribution >= 4 is 33.4 Å². The van der Waals surface area contributed by atoms with Gasteiger partial charge in [-0.1, -0.05) is 15.9 Å². The van der Waals surface area contributed by atoms with Gasteiger partial charge in [-0.05, 0) is 36.8 Å².